The van der Waals surface area contributed by atoms with Crippen LogP contribution in [0.3, 0.4) is 0 Å². The first-order valence-corrected chi connectivity index (χ1v) is 5.12. The lowest BCUT2D eigenvalue weighted by molar-refractivity contribution is 0.796. The van der Waals surface area contributed by atoms with Crippen LogP contribution >= 0.6 is 11.6 Å². The van der Waals surface area contributed by atoms with Gasteiger partial charge in [-0.3, -0.25) is 0 Å². The average molecular weight is 198 g/mol. The summed E-state index contributed by atoms with van der Waals surface area (Å²) in [6.07, 6.45) is 3.59. The van der Waals surface area contributed by atoms with Gasteiger partial charge in [0.2, 0.25) is 0 Å². The van der Waals surface area contributed by atoms with Gasteiger partial charge in [-0.2, -0.15) is 0 Å². The maximum atomic E-state index is 5.89. The van der Waals surface area contributed by atoms with Gasteiger partial charge in [0, 0.05) is 17.8 Å². The molecular formula is C11H16ClN. The molecule has 0 fully saturated rings. The highest BCUT2D eigenvalue weighted by molar-refractivity contribution is 6.30. The largest absolute Gasteiger partial charge is 0.388 e. The van der Waals surface area contributed by atoms with E-state index in [1.54, 1.807) is 0 Å². The van der Waals surface area contributed by atoms with Crippen molar-refractivity contribution in [3.63, 3.8) is 0 Å². The molecule has 1 N–H and O–H groups in total. The Morgan fingerprint density at radius 1 is 1.38 bits per heavy atom. The fourth-order valence-corrected chi connectivity index (χ4v) is 1.54. The van der Waals surface area contributed by atoms with Crippen LogP contribution in [-0.2, 0) is 6.42 Å². The lowest BCUT2D eigenvalue weighted by Crippen LogP contribution is -1.95. The summed E-state index contributed by atoms with van der Waals surface area (Å²) in [5.74, 6) is 0. The molecule has 72 valence electrons. The Labute approximate surface area is 85.1 Å². The second-order valence-electron chi connectivity index (χ2n) is 3.16. The van der Waals surface area contributed by atoms with Gasteiger partial charge in [0.15, 0.2) is 0 Å². The predicted molar refractivity (Wildman–Crippen MR) is 59.6 cm³/mol. The van der Waals surface area contributed by atoms with Crippen molar-refractivity contribution >= 4 is 17.3 Å². The number of unbranched alkanes of at least 4 members (excludes halogenated alkanes) is 1. The van der Waals surface area contributed by atoms with Crippen LogP contribution in [0.2, 0.25) is 5.02 Å². The first-order valence-electron chi connectivity index (χ1n) is 4.74. The lowest BCUT2D eigenvalue weighted by atomic mass is 10.1. The minimum absolute atomic E-state index is 0.796. The first kappa shape index (κ1) is 10.4. The molecule has 0 saturated carbocycles. The highest BCUT2D eigenvalue weighted by Crippen LogP contribution is 2.21. The van der Waals surface area contributed by atoms with Crippen molar-refractivity contribution in [1.82, 2.24) is 0 Å². The summed E-state index contributed by atoms with van der Waals surface area (Å²) in [5, 5.41) is 3.96. The molecule has 1 rings (SSSR count). The molecule has 1 aromatic carbocycles. The number of rotatable bonds is 4. The van der Waals surface area contributed by atoms with E-state index in [1.165, 1.54) is 18.4 Å². The summed E-state index contributed by atoms with van der Waals surface area (Å²) in [6, 6.07) is 6.03. The van der Waals surface area contributed by atoms with Gasteiger partial charge < -0.3 is 5.32 Å². The van der Waals surface area contributed by atoms with Gasteiger partial charge in [0.25, 0.3) is 0 Å². The molecule has 0 aliphatic rings. The topological polar surface area (TPSA) is 12.0 Å². The van der Waals surface area contributed by atoms with Crippen molar-refractivity contribution in [3.8, 4) is 0 Å². The second-order valence-corrected chi connectivity index (χ2v) is 3.59. The van der Waals surface area contributed by atoms with E-state index in [-0.39, 0.29) is 0 Å². The van der Waals surface area contributed by atoms with Crippen LogP contribution < -0.4 is 5.32 Å². The van der Waals surface area contributed by atoms with E-state index in [9.17, 15) is 0 Å². The molecule has 0 saturated heterocycles. The summed E-state index contributed by atoms with van der Waals surface area (Å²) in [7, 11) is 1.93. The molecule has 0 aromatic heterocycles. The highest BCUT2D eigenvalue weighted by atomic mass is 35.5. The van der Waals surface area contributed by atoms with Crippen molar-refractivity contribution < 1.29 is 0 Å². The fourth-order valence-electron chi connectivity index (χ4n) is 1.37. The van der Waals surface area contributed by atoms with E-state index >= 15 is 0 Å². The molecule has 1 aromatic rings. The van der Waals surface area contributed by atoms with Crippen LogP contribution in [-0.4, -0.2) is 7.05 Å². The molecule has 0 aliphatic carbocycles. The second kappa shape index (κ2) is 5.13. The van der Waals surface area contributed by atoms with Gasteiger partial charge in [-0.25, -0.2) is 0 Å². The monoisotopic (exact) mass is 197 g/mol. The smallest absolute Gasteiger partial charge is 0.0426 e. The summed E-state index contributed by atoms with van der Waals surface area (Å²) < 4.78 is 0. The Kier molecular flexibility index (Phi) is 4.10. The zero-order chi connectivity index (χ0) is 9.68. The highest BCUT2D eigenvalue weighted by Gasteiger charge is 2.00. The summed E-state index contributed by atoms with van der Waals surface area (Å²) in [4.78, 5) is 0. The first-order chi connectivity index (χ1) is 6.27. The summed E-state index contributed by atoms with van der Waals surface area (Å²) >= 11 is 5.89. The Morgan fingerprint density at radius 2 is 2.15 bits per heavy atom. The van der Waals surface area contributed by atoms with Crippen LogP contribution in [0.25, 0.3) is 0 Å². The lowest BCUT2D eigenvalue weighted by Gasteiger charge is -2.08. The Balaban J connectivity index is 2.79. The van der Waals surface area contributed by atoms with Crippen molar-refractivity contribution in [2.45, 2.75) is 26.2 Å². The third kappa shape index (κ3) is 2.92. The molecule has 0 spiro atoms. The number of benzene rings is 1. The van der Waals surface area contributed by atoms with Crippen LogP contribution in [0, 0.1) is 0 Å². The Hall–Kier alpha value is -0.690. The predicted octanol–water partition coefficient (Wildman–Crippen LogP) is 3.72. The Bertz CT molecular complexity index is 271. The van der Waals surface area contributed by atoms with Gasteiger partial charge in [-0.1, -0.05) is 31.0 Å². The molecule has 2 heteroatoms. The van der Waals surface area contributed by atoms with Gasteiger partial charge in [-0.15, -0.1) is 0 Å². The molecule has 0 unspecified atom stereocenters. The third-order valence-corrected chi connectivity index (χ3v) is 2.38. The third-order valence-electron chi connectivity index (χ3n) is 2.14. The Morgan fingerprint density at radius 3 is 2.77 bits per heavy atom. The number of aryl methyl sites for hydroxylation is 1. The molecular weight excluding hydrogens is 182 g/mol. The minimum atomic E-state index is 0.796. The van der Waals surface area contributed by atoms with Crippen LogP contribution in [0.1, 0.15) is 25.3 Å². The van der Waals surface area contributed by atoms with Crippen molar-refractivity contribution in [3.05, 3.63) is 28.8 Å². The number of hydrogen-bond acceptors (Lipinski definition) is 1. The standard InChI is InChI=1S/C11H16ClN/c1-3-4-5-9-6-7-10(12)8-11(9)13-2/h6-8,13H,3-5H2,1-2H3. The maximum absolute atomic E-state index is 5.89. The number of halogens is 1. The zero-order valence-corrected chi connectivity index (χ0v) is 8.99. The summed E-state index contributed by atoms with van der Waals surface area (Å²) in [5.41, 5.74) is 2.51. The molecule has 0 atom stereocenters. The van der Waals surface area contributed by atoms with Crippen LogP contribution in [0.5, 0.6) is 0 Å². The average Bonchev–Trinajstić information content (AvgIpc) is 2.16. The normalized spacial score (nSPS) is 10.1. The van der Waals surface area contributed by atoms with Crippen molar-refractivity contribution in [1.29, 1.82) is 0 Å². The molecule has 0 aliphatic heterocycles. The van der Waals surface area contributed by atoms with E-state index in [1.807, 2.05) is 19.2 Å². The van der Waals surface area contributed by atoms with Crippen molar-refractivity contribution in [2.24, 2.45) is 0 Å². The molecule has 13 heavy (non-hydrogen) atoms. The quantitative estimate of drug-likeness (QED) is 0.776. The minimum Gasteiger partial charge on any atom is -0.388 e. The fraction of sp³-hybridized carbons (Fsp3) is 0.455. The van der Waals surface area contributed by atoms with Crippen LogP contribution in [0.4, 0.5) is 5.69 Å². The molecule has 0 heterocycles. The molecule has 0 bridgehead atoms. The van der Waals surface area contributed by atoms with Gasteiger partial charge >= 0.3 is 0 Å². The molecule has 1 nitrogen and oxygen atoms in total. The van der Waals surface area contributed by atoms with E-state index in [4.69, 9.17) is 11.6 Å². The summed E-state index contributed by atoms with van der Waals surface area (Å²) in [6.45, 7) is 2.20. The zero-order valence-electron chi connectivity index (χ0n) is 8.23. The van der Waals surface area contributed by atoms with E-state index in [0.29, 0.717) is 0 Å². The molecule has 0 radical (unpaired) electrons. The SMILES string of the molecule is CCCCc1ccc(Cl)cc1NC. The van der Waals surface area contributed by atoms with Gasteiger partial charge in [0.05, 0.1) is 0 Å². The number of anilines is 1. The van der Waals surface area contributed by atoms with E-state index < -0.39 is 0 Å². The van der Waals surface area contributed by atoms with Crippen LogP contribution in [0.15, 0.2) is 18.2 Å². The number of nitrogens with one attached hydrogen (secondary N) is 1. The van der Waals surface area contributed by atoms with Gasteiger partial charge in [-0.05, 0) is 30.5 Å². The van der Waals surface area contributed by atoms with E-state index in [0.717, 1.165) is 17.1 Å². The van der Waals surface area contributed by atoms with Gasteiger partial charge in [0.1, 0.15) is 0 Å². The number of hydrogen-bond donors (Lipinski definition) is 1. The van der Waals surface area contributed by atoms with E-state index in [2.05, 4.69) is 18.3 Å². The maximum Gasteiger partial charge on any atom is 0.0426 e. The van der Waals surface area contributed by atoms with Crippen molar-refractivity contribution in [2.75, 3.05) is 12.4 Å². The molecule has 0 amide bonds.